The van der Waals surface area contributed by atoms with Gasteiger partial charge in [-0.2, -0.15) is 26.3 Å². The van der Waals surface area contributed by atoms with Crippen molar-refractivity contribution in [2.24, 2.45) is 0 Å². The van der Waals surface area contributed by atoms with E-state index in [1.165, 1.54) is 81.0 Å². The minimum absolute atomic E-state index is 0. The molecule has 7 amide bonds. The number of fused-ring (bicyclic) bond motifs is 2. The van der Waals surface area contributed by atoms with Crippen molar-refractivity contribution in [2.75, 3.05) is 127 Å². The minimum Gasteiger partial charge on any atom is -0.480 e. The van der Waals surface area contributed by atoms with Crippen molar-refractivity contribution in [2.45, 2.75) is 133 Å². The van der Waals surface area contributed by atoms with E-state index in [1.807, 2.05) is 0 Å². The second-order valence-electron chi connectivity index (χ2n) is 33.2. The summed E-state index contributed by atoms with van der Waals surface area (Å²) in [6, 6.07) is 4.86. The first-order valence-electron chi connectivity index (χ1n) is 43.3. The molecule has 0 aliphatic carbocycles. The van der Waals surface area contributed by atoms with Crippen molar-refractivity contribution in [1.82, 2.24) is 95.3 Å². The molecule has 50 nitrogen and oxygen atoms in total. The number of anilines is 2. The Morgan fingerprint density at radius 1 is 0.436 bits per heavy atom. The number of hydrogen-bond donors (Lipinski definition) is 20. The number of aromatic nitrogens is 6. The van der Waals surface area contributed by atoms with Crippen LogP contribution in [0.1, 0.15) is 90.9 Å². The topological polar surface area (TPSA) is 730 Å². The number of pyridine rings is 2. The van der Waals surface area contributed by atoms with Crippen molar-refractivity contribution < 1.29 is 126 Å². The van der Waals surface area contributed by atoms with Crippen molar-refractivity contribution in [3.8, 4) is 0 Å². The molecule has 1 aliphatic heterocycles. The molecule has 20 N–H and O–H groups in total. The fraction of sp³-hybridized carbons (Fsp3) is 0.435. The predicted molar refractivity (Wildman–Crippen MR) is 505 cm³/mol. The standard InChI is InChI=1S/C85H111N21O29S4.In/c1-49-31-51(3)75(52(4)32-49)138(132,133)99-62(82(122)123)39-92-77(117)59-41-105(66-35-55(9-11-57(66)73(59)115)37-94-84-88-17-18-89-84)21-7-15-86-79(119)64(47-136(126,127)128)97-68(107)14-13-61(96-69(108)43-101-23-25-102(44-70(109)110)27-29-104(46-72(113)114)30-28-103(26-24-101)45-71(111)112)81(121)98-65(48-137(129,130)131)80(120)87-16-8-22-106-42-60(74(116)58-12-10-56(36-67(58)106)38-95-85-90-19-20-91-85)78(118)93-40-63(83(124)125)100-139(134,135)76-53(5)33-50(2)34-54(76)6;/h9-12,17-20,31-36,41-42,61-65,99-100H,7-8,13-16,21-30,37-40,43-48H2,1-6H3,(H,86,119)(H,87,120)(H,92,117)(H,93,118)(H,96,108)(H,97,107)(H,98,121)(H,109,110)(H,111,112)(H,113,114)(H,122,123)(H,124,125)(H2,88,89,94)(H2,90,91,95)(H,126,127,128)(H,129,130,131);/q;+3. The summed E-state index contributed by atoms with van der Waals surface area (Å²) in [5.74, 6) is -18.3. The van der Waals surface area contributed by atoms with Gasteiger partial charge >= 0.3 is 55.7 Å². The average Bonchev–Trinajstić information content (AvgIpc) is 0.870. The van der Waals surface area contributed by atoms with Crippen LogP contribution in [0.15, 0.2) is 117 Å². The molecule has 140 heavy (non-hydrogen) atoms. The number of hydrogen-bond acceptors (Lipinski definition) is 30. The maximum absolute atomic E-state index is 14.9. The molecule has 4 aromatic heterocycles. The van der Waals surface area contributed by atoms with E-state index in [0.717, 1.165) is 23.5 Å². The first kappa shape index (κ1) is 113. The number of aryl methyl sites for hydroxylation is 8. The Hall–Kier alpha value is -12.7. The number of carboxylic acids is 5. The van der Waals surface area contributed by atoms with Crippen molar-refractivity contribution >= 4 is 171 Å². The third-order valence-electron chi connectivity index (χ3n) is 22.0. The van der Waals surface area contributed by atoms with E-state index in [4.69, 9.17) is 0 Å². The summed E-state index contributed by atoms with van der Waals surface area (Å²) in [7, 11) is -19.6. The number of rotatable bonds is 49. The molecular weight excluding hydrogens is 2020 g/mol. The van der Waals surface area contributed by atoms with E-state index in [9.17, 15) is 135 Å². The van der Waals surface area contributed by atoms with Gasteiger partial charge in [-0.25, -0.2) is 26.8 Å². The summed E-state index contributed by atoms with van der Waals surface area (Å²) in [6.45, 7) is 3.59. The second kappa shape index (κ2) is 50.9. The van der Waals surface area contributed by atoms with Crippen molar-refractivity contribution in [3.05, 3.63) is 174 Å². The molecule has 5 atom stereocenters. The summed E-state index contributed by atoms with van der Waals surface area (Å²) in [5.41, 5.74) is 1.31. The summed E-state index contributed by atoms with van der Waals surface area (Å²) in [5, 5.41) is 72.1. The summed E-state index contributed by atoms with van der Waals surface area (Å²) < 4.78 is 133. The molecule has 5 unspecified atom stereocenters. The largest absolute Gasteiger partial charge is 3.00 e. The maximum atomic E-state index is 14.9. The average molecular weight is 2130 g/mol. The normalized spacial score (nSPS) is 14.5. The van der Waals surface area contributed by atoms with Crippen LogP contribution in [0.5, 0.6) is 0 Å². The van der Waals surface area contributed by atoms with Crippen LogP contribution in [0, 0.1) is 41.5 Å². The van der Waals surface area contributed by atoms with E-state index in [1.54, 1.807) is 74.8 Å². The molecule has 4 aromatic carbocycles. The van der Waals surface area contributed by atoms with Gasteiger partial charge in [-0.1, -0.05) is 47.5 Å². The van der Waals surface area contributed by atoms with Crippen LogP contribution in [-0.4, -0.2) is 360 Å². The minimum atomic E-state index is -5.31. The number of carbonyl (C=O) groups is 12. The Morgan fingerprint density at radius 3 is 1.12 bits per heavy atom. The first-order valence-corrected chi connectivity index (χ1v) is 49.5. The Morgan fingerprint density at radius 2 is 0.786 bits per heavy atom. The van der Waals surface area contributed by atoms with E-state index < -0.39 is 240 Å². The number of aromatic amines is 2. The molecule has 0 spiro atoms. The first-order chi connectivity index (χ1) is 65.4. The number of benzene rings is 4. The zero-order chi connectivity index (χ0) is 102. The fourth-order valence-electron chi connectivity index (χ4n) is 15.8. The zero-order valence-electron chi connectivity index (χ0n) is 76.9. The van der Waals surface area contributed by atoms with Crippen LogP contribution in [0.2, 0.25) is 0 Å². The summed E-state index contributed by atoms with van der Waals surface area (Å²) >= 11 is 0. The molecule has 55 heteroatoms. The van der Waals surface area contributed by atoms with Gasteiger partial charge in [0.25, 0.3) is 32.1 Å². The Bertz CT molecular complexity index is 6450. The Labute approximate surface area is 821 Å². The number of amides is 7. The van der Waals surface area contributed by atoms with Crippen LogP contribution in [0.4, 0.5) is 11.9 Å². The molecule has 5 heterocycles. The molecule has 0 radical (unpaired) electrons. The number of H-pyrrole nitrogens is 2. The SMILES string of the molecule is Cc1cc(C)c(S(=O)(=O)NC(CNC(=O)c2cn(CCCNC(=O)C(CS(=O)(=O)O)NC(=O)CCC(NC(=O)CN3CCN(CC(=O)O)CCN(CC(=O)O)CCN(CC(=O)O)CC3)C(=O)NC(CS(=O)(=O)O)C(=O)NCCCn3cc(C(=O)NCC(NS(=O)(=O)c4c(C)cc(C)cc4C)C(=O)O)c(=O)c4ccc(CNc5ncc[nH]5)cc43)c3cc(CNc4ncc[nH]4)ccc3c2=O)C(=O)O)c(C)c1.[In+3]. The van der Waals surface area contributed by atoms with Crippen molar-refractivity contribution in [1.29, 1.82) is 0 Å². The van der Waals surface area contributed by atoms with Crippen LogP contribution in [0.3, 0.4) is 0 Å². The molecule has 9 rings (SSSR count). The summed E-state index contributed by atoms with van der Waals surface area (Å²) in [6.07, 6.45) is 6.08. The third-order valence-corrected chi connectivity index (χ3v) is 27.1. The number of imidazole rings is 2. The number of sulfonamides is 2. The number of nitrogens with one attached hydrogen (secondary N) is 13. The van der Waals surface area contributed by atoms with Gasteiger partial charge in [0.15, 0.2) is 11.9 Å². The molecule has 8 aromatic rings. The number of carboxylic acid groups (broad SMARTS) is 5. The molecule has 1 fully saturated rings. The molecule has 0 saturated carbocycles. The Balaban J connectivity index is 0.0000240. The Kier molecular flexibility index (Phi) is 41.0. The molecular formula is C85H111InN21O29S4+3. The van der Waals surface area contributed by atoms with Crippen molar-refractivity contribution in [3.63, 3.8) is 0 Å². The van der Waals surface area contributed by atoms with Crippen LogP contribution in [0.25, 0.3) is 21.8 Å². The third kappa shape index (κ3) is 34.1. The van der Waals surface area contributed by atoms with Crippen LogP contribution in [-0.2, 0) is 114 Å². The van der Waals surface area contributed by atoms with Gasteiger partial charge in [0.05, 0.1) is 47.0 Å². The van der Waals surface area contributed by atoms with Gasteiger partial charge in [0.1, 0.15) is 52.8 Å². The number of nitrogens with zero attached hydrogens (tertiary/aromatic N) is 8. The van der Waals surface area contributed by atoms with Gasteiger partial charge in [-0.3, -0.25) is 95.8 Å². The van der Waals surface area contributed by atoms with E-state index in [0.29, 0.717) is 45.3 Å². The van der Waals surface area contributed by atoms with E-state index in [-0.39, 0.29) is 149 Å². The van der Waals surface area contributed by atoms with Gasteiger partial charge in [0, 0.05) is 159 Å². The predicted octanol–water partition coefficient (Wildman–Crippen LogP) is -3.02. The molecule has 1 aliphatic rings. The van der Waals surface area contributed by atoms with Crippen LogP contribution < -0.4 is 68.2 Å². The number of carbonyl (C=O) groups excluding carboxylic acids is 7. The fourth-order valence-corrected chi connectivity index (χ4v) is 20.4. The zero-order valence-corrected chi connectivity index (χ0v) is 83.5. The molecule has 754 valence electrons. The second-order valence-corrected chi connectivity index (χ2v) is 39.5. The molecule has 1 saturated heterocycles. The monoisotopic (exact) mass is 2130 g/mol. The van der Waals surface area contributed by atoms with E-state index >= 15 is 0 Å². The van der Waals surface area contributed by atoms with E-state index in [2.05, 4.69) is 77.2 Å². The van der Waals surface area contributed by atoms with Gasteiger partial charge in [-0.15, -0.1) is 0 Å². The molecule has 0 bridgehead atoms. The maximum Gasteiger partial charge on any atom is 3.00 e. The summed E-state index contributed by atoms with van der Waals surface area (Å²) in [4.78, 5) is 210. The quantitative estimate of drug-likeness (QED) is 0.0133. The van der Waals surface area contributed by atoms with Gasteiger partial charge in [-0.05, 0) is 118 Å². The van der Waals surface area contributed by atoms with Gasteiger partial charge < -0.3 is 92.5 Å². The number of aliphatic carboxylic acids is 5. The van der Waals surface area contributed by atoms with Gasteiger partial charge in [0.2, 0.25) is 60.4 Å². The smallest absolute Gasteiger partial charge is 0.480 e. The van der Waals surface area contributed by atoms with Crippen LogP contribution >= 0.6 is 0 Å².